The number of rotatable bonds is 3. The molecule has 2 atom stereocenters. The molecule has 0 radical (unpaired) electrons. The highest BCUT2D eigenvalue weighted by Gasteiger charge is 2.42. The summed E-state index contributed by atoms with van der Waals surface area (Å²) < 4.78 is 39.8. The molecule has 4 rings (SSSR count). The second-order valence-electron chi connectivity index (χ2n) is 7.61. The van der Waals surface area contributed by atoms with Gasteiger partial charge in [-0.25, -0.2) is 4.79 Å². The molecule has 0 spiro atoms. The van der Waals surface area contributed by atoms with Crippen molar-refractivity contribution >= 4 is 11.9 Å². The Kier molecular flexibility index (Phi) is 4.81. The molecule has 0 aliphatic carbocycles. The normalized spacial score (nSPS) is 22.1. The first-order chi connectivity index (χ1) is 13.7. The van der Waals surface area contributed by atoms with Crippen molar-refractivity contribution in [3.05, 3.63) is 53.3 Å². The number of hydrogen-bond acceptors (Lipinski definition) is 4. The van der Waals surface area contributed by atoms with Crippen molar-refractivity contribution in [1.29, 1.82) is 0 Å². The second-order valence-corrected chi connectivity index (χ2v) is 7.61. The molecule has 2 N–H and O–H groups in total. The molecule has 2 aromatic rings. The monoisotopic (exact) mass is 407 g/mol. The number of carbonyl (C=O) groups is 2. The fourth-order valence-corrected chi connectivity index (χ4v) is 4.19. The zero-order valence-electron chi connectivity index (χ0n) is 15.5. The molecule has 0 bridgehead atoms. The SMILES string of the molecule is NC(=O)c1ccn(C(=O)N2CC3CN(Cc4cccc(C(F)(F)F)c4)C[C@H]3C2)n1. The van der Waals surface area contributed by atoms with E-state index in [1.807, 2.05) is 0 Å². The number of likely N-dealkylation sites (tertiary alicyclic amines) is 2. The third kappa shape index (κ3) is 3.98. The Morgan fingerprint density at radius 1 is 1.10 bits per heavy atom. The van der Waals surface area contributed by atoms with E-state index in [0.29, 0.717) is 25.2 Å². The maximum atomic E-state index is 12.9. The van der Waals surface area contributed by atoms with Crippen LogP contribution in [0, 0.1) is 11.8 Å². The van der Waals surface area contributed by atoms with Gasteiger partial charge in [-0.2, -0.15) is 23.0 Å². The predicted octanol–water partition coefficient (Wildman–Crippen LogP) is 2.03. The Balaban J connectivity index is 1.35. The van der Waals surface area contributed by atoms with Crippen molar-refractivity contribution < 1.29 is 22.8 Å². The van der Waals surface area contributed by atoms with E-state index in [2.05, 4.69) is 10.00 Å². The van der Waals surface area contributed by atoms with Crippen LogP contribution < -0.4 is 5.73 Å². The highest BCUT2D eigenvalue weighted by Crippen LogP contribution is 2.33. The van der Waals surface area contributed by atoms with Crippen LogP contribution >= 0.6 is 0 Å². The number of carbonyl (C=O) groups excluding carboxylic acids is 2. The Bertz CT molecular complexity index is 928. The first-order valence-electron chi connectivity index (χ1n) is 9.24. The third-order valence-corrected chi connectivity index (χ3v) is 5.53. The molecule has 3 heterocycles. The molecule has 2 fully saturated rings. The van der Waals surface area contributed by atoms with Crippen LogP contribution in [0.15, 0.2) is 36.5 Å². The van der Waals surface area contributed by atoms with Gasteiger partial charge in [0.25, 0.3) is 5.91 Å². The number of amides is 2. The Morgan fingerprint density at radius 2 is 1.79 bits per heavy atom. The minimum Gasteiger partial charge on any atom is -0.364 e. The van der Waals surface area contributed by atoms with Gasteiger partial charge in [0.15, 0.2) is 5.69 Å². The number of nitrogens with two attached hydrogens (primary N) is 1. The van der Waals surface area contributed by atoms with Gasteiger partial charge in [0.2, 0.25) is 0 Å². The van der Waals surface area contributed by atoms with Crippen LogP contribution in [0.2, 0.25) is 0 Å². The summed E-state index contributed by atoms with van der Waals surface area (Å²) in [4.78, 5) is 27.5. The third-order valence-electron chi connectivity index (χ3n) is 5.53. The summed E-state index contributed by atoms with van der Waals surface area (Å²) in [5.74, 6) is -0.174. The fraction of sp³-hybridized carbons (Fsp3) is 0.421. The van der Waals surface area contributed by atoms with Crippen LogP contribution in [0.5, 0.6) is 0 Å². The number of alkyl halides is 3. The number of halogens is 3. The number of benzene rings is 1. The summed E-state index contributed by atoms with van der Waals surface area (Å²) in [6.07, 6.45) is -2.93. The molecule has 1 aromatic carbocycles. The molecule has 10 heteroatoms. The van der Waals surface area contributed by atoms with Gasteiger partial charge < -0.3 is 10.6 Å². The van der Waals surface area contributed by atoms with E-state index in [1.165, 1.54) is 24.4 Å². The first kappa shape index (κ1) is 19.4. The maximum absolute atomic E-state index is 12.9. The van der Waals surface area contributed by atoms with Gasteiger partial charge >= 0.3 is 12.2 Å². The lowest BCUT2D eigenvalue weighted by atomic mass is 10.0. The molecule has 2 aliphatic heterocycles. The summed E-state index contributed by atoms with van der Waals surface area (Å²) in [5.41, 5.74) is 5.18. The lowest BCUT2D eigenvalue weighted by molar-refractivity contribution is -0.137. The van der Waals surface area contributed by atoms with Gasteiger partial charge in [0.05, 0.1) is 5.56 Å². The first-order valence-corrected chi connectivity index (χ1v) is 9.24. The molecule has 7 nitrogen and oxygen atoms in total. The quantitative estimate of drug-likeness (QED) is 0.844. The van der Waals surface area contributed by atoms with E-state index in [9.17, 15) is 22.8 Å². The smallest absolute Gasteiger partial charge is 0.364 e. The molecule has 154 valence electrons. The number of aromatic nitrogens is 2. The van der Waals surface area contributed by atoms with E-state index in [-0.39, 0.29) is 23.6 Å². The molecule has 0 saturated carbocycles. The summed E-state index contributed by atoms with van der Waals surface area (Å²) in [6.45, 7) is 2.99. The van der Waals surface area contributed by atoms with Gasteiger partial charge in [-0.1, -0.05) is 18.2 Å². The Labute approximate surface area is 164 Å². The number of nitrogens with zero attached hydrogens (tertiary/aromatic N) is 4. The minimum absolute atomic E-state index is 0.0324. The van der Waals surface area contributed by atoms with Crippen molar-refractivity contribution in [2.24, 2.45) is 17.6 Å². The molecule has 1 aromatic heterocycles. The van der Waals surface area contributed by atoms with Crippen molar-refractivity contribution in [2.75, 3.05) is 26.2 Å². The van der Waals surface area contributed by atoms with Crippen LogP contribution in [-0.4, -0.2) is 57.7 Å². The van der Waals surface area contributed by atoms with Crippen molar-refractivity contribution in [3.8, 4) is 0 Å². The standard InChI is InChI=1S/C19H20F3N5O2/c20-19(21,22)15-3-1-2-12(6-15)7-25-8-13-10-26(11-14(13)9-25)18(29)27-5-4-16(24-27)17(23)28/h1-6,13-14H,7-11H2,(H2,23,28)/t13-,14?/m0/s1. The Hall–Kier alpha value is -2.88. The molecule has 2 saturated heterocycles. The topological polar surface area (TPSA) is 84.5 Å². The van der Waals surface area contributed by atoms with E-state index in [4.69, 9.17) is 5.73 Å². The number of primary amides is 1. The van der Waals surface area contributed by atoms with Crippen LogP contribution in [0.3, 0.4) is 0 Å². The fourth-order valence-electron chi connectivity index (χ4n) is 4.19. The molecule has 2 amide bonds. The van der Waals surface area contributed by atoms with Gasteiger partial charge in [-0.3, -0.25) is 9.69 Å². The molecule has 29 heavy (non-hydrogen) atoms. The Morgan fingerprint density at radius 3 is 2.38 bits per heavy atom. The summed E-state index contributed by atoms with van der Waals surface area (Å²) in [5, 5.41) is 3.90. The van der Waals surface area contributed by atoms with E-state index >= 15 is 0 Å². The van der Waals surface area contributed by atoms with E-state index in [0.717, 1.165) is 23.8 Å². The van der Waals surface area contributed by atoms with Crippen molar-refractivity contribution in [2.45, 2.75) is 12.7 Å². The molecule has 2 aliphatic rings. The maximum Gasteiger partial charge on any atom is 0.416 e. The van der Waals surface area contributed by atoms with Gasteiger partial charge in [0, 0.05) is 38.9 Å². The van der Waals surface area contributed by atoms with E-state index in [1.54, 1.807) is 11.0 Å². The lowest BCUT2D eigenvalue weighted by Gasteiger charge is -2.21. The van der Waals surface area contributed by atoms with E-state index < -0.39 is 17.6 Å². The number of hydrogen-bond donors (Lipinski definition) is 1. The van der Waals surface area contributed by atoms with Gasteiger partial charge in [0.1, 0.15) is 0 Å². The largest absolute Gasteiger partial charge is 0.416 e. The van der Waals surface area contributed by atoms with Gasteiger partial charge in [-0.05, 0) is 29.5 Å². The highest BCUT2D eigenvalue weighted by atomic mass is 19.4. The second kappa shape index (κ2) is 7.18. The van der Waals surface area contributed by atoms with Crippen molar-refractivity contribution in [3.63, 3.8) is 0 Å². The molecule has 1 unspecified atom stereocenters. The van der Waals surface area contributed by atoms with Crippen LogP contribution in [0.1, 0.15) is 21.6 Å². The van der Waals surface area contributed by atoms with Crippen LogP contribution in [0.25, 0.3) is 0 Å². The average molecular weight is 407 g/mol. The summed E-state index contributed by atoms with van der Waals surface area (Å²) in [6, 6.07) is 6.49. The highest BCUT2D eigenvalue weighted by molar-refractivity contribution is 5.91. The zero-order valence-corrected chi connectivity index (χ0v) is 15.5. The van der Waals surface area contributed by atoms with Crippen LogP contribution in [0.4, 0.5) is 18.0 Å². The average Bonchev–Trinajstić information content (AvgIpc) is 3.35. The van der Waals surface area contributed by atoms with Crippen molar-refractivity contribution in [1.82, 2.24) is 19.6 Å². The molecular formula is C19H20F3N5O2. The van der Waals surface area contributed by atoms with Crippen LogP contribution in [-0.2, 0) is 12.7 Å². The number of fused-ring (bicyclic) bond motifs is 1. The molecular weight excluding hydrogens is 387 g/mol. The lowest BCUT2D eigenvalue weighted by Crippen LogP contribution is -2.36. The summed E-state index contributed by atoms with van der Waals surface area (Å²) in [7, 11) is 0. The summed E-state index contributed by atoms with van der Waals surface area (Å²) >= 11 is 0. The predicted molar refractivity (Wildman–Crippen MR) is 96.8 cm³/mol. The van der Waals surface area contributed by atoms with Gasteiger partial charge in [-0.15, -0.1) is 0 Å². The zero-order chi connectivity index (χ0) is 20.8. The minimum atomic E-state index is -4.35.